The third kappa shape index (κ3) is 5.24. The van der Waals surface area contributed by atoms with Gasteiger partial charge in [-0.15, -0.1) is 0 Å². The van der Waals surface area contributed by atoms with Gasteiger partial charge in [-0.25, -0.2) is 4.58 Å². The number of allylic oxidation sites excluding steroid dienone is 6. The molecule has 2 aliphatic heterocycles. The van der Waals surface area contributed by atoms with Crippen molar-refractivity contribution in [3.63, 3.8) is 0 Å². The molecule has 0 unspecified atom stereocenters. The number of unbranched alkanes of at least 4 members (excludes halogenated alkanes) is 2. The molecule has 2 heterocycles. The lowest BCUT2D eigenvalue weighted by molar-refractivity contribution is -0.566. The van der Waals surface area contributed by atoms with E-state index in [4.69, 9.17) is 0 Å². The SMILES string of the molecule is CCCCN1/C(=C/C=C/C=C/C2=[N+](CCCC)[C@@H]3CCCC[C@@H]3C2(C)C)C(C)(C)[C@H]2CCCC[C@H]21. The lowest BCUT2D eigenvalue weighted by Crippen LogP contribution is -2.35. The minimum absolute atomic E-state index is 0.293. The van der Waals surface area contributed by atoms with Crippen LogP contribution in [0.3, 0.4) is 0 Å². The average molecular weight is 480 g/mol. The number of fused-ring (bicyclic) bond motifs is 2. The van der Waals surface area contributed by atoms with Crippen molar-refractivity contribution in [3.05, 3.63) is 36.1 Å². The van der Waals surface area contributed by atoms with Gasteiger partial charge in [0.25, 0.3) is 0 Å². The lowest BCUT2D eigenvalue weighted by Gasteiger charge is -2.34. The molecule has 2 saturated carbocycles. The van der Waals surface area contributed by atoms with E-state index in [1.807, 2.05) is 0 Å². The first-order valence-electron chi connectivity index (χ1n) is 15.3. The molecule has 0 aromatic rings. The van der Waals surface area contributed by atoms with Crippen LogP contribution in [0.2, 0.25) is 0 Å². The van der Waals surface area contributed by atoms with Crippen molar-refractivity contribution < 1.29 is 4.58 Å². The van der Waals surface area contributed by atoms with Gasteiger partial charge in [-0.05, 0) is 57.9 Å². The van der Waals surface area contributed by atoms with Gasteiger partial charge in [0.1, 0.15) is 6.54 Å². The van der Waals surface area contributed by atoms with Crippen molar-refractivity contribution in [2.75, 3.05) is 13.1 Å². The molecule has 0 radical (unpaired) electrons. The van der Waals surface area contributed by atoms with E-state index in [0.29, 0.717) is 10.8 Å². The predicted molar refractivity (Wildman–Crippen MR) is 152 cm³/mol. The predicted octanol–water partition coefficient (Wildman–Crippen LogP) is 8.54. The molecule has 35 heavy (non-hydrogen) atoms. The second kappa shape index (κ2) is 11.4. The van der Waals surface area contributed by atoms with Crippen molar-refractivity contribution in [2.45, 2.75) is 131 Å². The third-order valence-corrected chi connectivity index (χ3v) is 10.3. The Morgan fingerprint density at radius 1 is 0.800 bits per heavy atom. The smallest absolute Gasteiger partial charge is 0.182 e. The van der Waals surface area contributed by atoms with E-state index in [9.17, 15) is 0 Å². The summed E-state index contributed by atoms with van der Waals surface area (Å²) in [6.45, 7) is 17.2. The maximum absolute atomic E-state index is 2.81. The maximum Gasteiger partial charge on any atom is 0.182 e. The Kier molecular flexibility index (Phi) is 8.70. The van der Waals surface area contributed by atoms with Crippen molar-refractivity contribution in [1.82, 2.24) is 4.90 Å². The second-order valence-corrected chi connectivity index (χ2v) is 13.1. The van der Waals surface area contributed by atoms with Crippen LogP contribution in [0, 0.1) is 22.7 Å². The van der Waals surface area contributed by atoms with Gasteiger partial charge >= 0.3 is 0 Å². The normalized spacial score (nSPS) is 33.3. The molecule has 0 aromatic heterocycles. The molecule has 0 amide bonds. The van der Waals surface area contributed by atoms with Crippen LogP contribution in [0.4, 0.5) is 0 Å². The molecular formula is C33H55N2+. The molecule has 0 aromatic carbocycles. The lowest BCUT2D eigenvalue weighted by atomic mass is 9.69. The molecule has 0 N–H and O–H groups in total. The van der Waals surface area contributed by atoms with Crippen molar-refractivity contribution in [3.8, 4) is 0 Å². The van der Waals surface area contributed by atoms with Gasteiger partial charge in [-0.3, -0.25) is 0 Å². The first kappa shape index (κ1) is 26.7. The Hall–Kier alpha value is -1.31. The van der Waals surface area contributed by atoms with E-state index in [2.05, 4.69) is 81.4 Å². The largest absolute Gasteiger partial charge is 0.371 e. The molecular weight excluding hydrogens is 424 g/mol. The summed E-state index contributed by atoms with van der Waals surface area (Å²) in [4.78, 5) is 2.81. The molecule has 4 aliphatic rings. The van der Waals surface area contributed by atoms with Gasteiger partial charge in [0, 0.05) is 48.5 Å². The summed E-state index contributed by atoms with van der Waals surface area (Å²) in [6.07, 6.45) is 28.4. The summed E-state index contributed by atoms with van der Waals surface area (Å²) in [5.41, 5.74) is 3.78. The van der Waals surface area contributed by atoms with E-state index in [-0.39, 0.29) is 0 Å². The number of rotatable bonds is 9. The highest BCUT2D eigenvalue weighted by Crippen LogP contribution is 2.53. The Labute approximate surface area is 217 Å². The van der Waals surface area contributed by atoms with E-state index in [1.165, 1.54) is 90.1 Å². The minimum Gasteiger partial charge on any atom is -0.371 e. The number of hydrogen-bond acceptors (Lipinski definition) is 1. The Morgan fingerprint density at radius 2 is 1.49 bits per heavy atom. The summed E-state index contributed by atoms with van der Waals surface area (Å²) in [5.74, 6) is 1.65. The van der Waals surface area contributed by atoms with Crippen LogP contribution in [-0.4, -0.2) is 40.4 Å². The maximum atomic E-state index is 2.81. The summed E-state index contributed by atoms with van der Waals surface area (Å²) in [7, 11) is 0. The summed E-state index contributed by atoms with van der Waals surface area (Å²) >= 11 is 0. The fourth-order valence-corrected chi connectivity index (χ4v) is 8.34. The Bertz CT molecular complexity index is 839. The van der Waals surface area contributed by atoms with Gasteiger partial charge in [0.2, 0.25) is 0 Å². The van der Waals surface area contributed by atoms with E-state index in [0.717, 1.165) is 23.9 Å². The van der Waals surface area contributed by atoms with E-state index in [1.54, 1.807) is 11.4 Å². The van der Waals surface area contributed by atoms with Crippen LogP contribution in [0.1, 0.15) is 119 Å². The summed E-state index contributed by atoms with van der Waals surface area (Å²) in [5, 5.41) is 0. The molecule has 1 saturated heterocycles. The molecule has 196 valence electrons. The zero-order valence-electron chi connectivity index (χ0n) is 24.0. The Morgan fingerprint density at radius 3 is 2.23 bits per heavy atom. The molecule has 4 atom stereocenters. The average Bonchev–Trinajstić information content (AvgIpc) is 3.20. The van der Waals surface area contributed by atoms with Crippen LogP contribution < -0.4 is 0 Å². The fourth-order valence-electron chi connectivity index (χ4n) is 8.34. The van der Waals surface area contributed by atoms with Crippen LogP contribution in [0.25, 0.3) is 0 Å². The fraction of sp³-hybridized carbons (Fsp3) is 0.788. The van der Waals surface area contributed by atoms with E-state index < -0.39 is 0 Å². The van der Waals surface area contributed by atoms with Gasteiger partial charge < -0.3 is 4.90 Å². The second-order valence-electron chi connectivity index (χ2n) is 13.1. The van der Waals surface area contributed by atoms with Crippen LogP contribution >= 0.6 is 0 Å². The first-order chi connectivity index (χ1) is 16.8. The van der Waals surface area contributed by atoms with Crippen LogP contribution in [-0.2, 0) is 0 Å². The highest BCUT2D eigenvalue weighted by atomic mass is 15.2. The summed E-state index contributed by atoms with van der Waals surface area (Å²) < 4.78 is 2.81. The Balaban J connectivity index is 1.55. The van der Waals surface area contributed by atoms with Gasteiger partial charge in [0.15, 0.2) is 11.8 Å². The zero-order valence-corrected chi connectivity index (χ0v) is 24.0. The molecule has 2 heteroatoms. The quantitative estimate of drug-likeness (QED) is 0.237. The molecule has 0 spiro atoms. The van der Waals surface area contributed by atoms with Gasteiger partial charge in [-0.2, -0.15) is 0 Å². The van der Waals surface area contributed by atoms with Gasteiger partial charge in [-0.1, -0.05) is 78.0 Å². The number of hydrogen-bond donors (Lipinski definition) is 0. The topological polar surface area (TPSA) is 6.25 Å². The standard InChI is InChI=1S/C33H55N2/c1-7-9-24-34-28-20-16-14-18-26(28)32(3,4)30(34)22-12-11-13-23-31-33(5,6)27-19-15-17-21-29(27)35(31)25-10-8-2/h11-13,22-23,26-29H,7-10,14-21,24-25H2,1-6H3/q+1/t26-,27-,28+,29+/m0/s1. The molecule has 2 aliphatic carbocycles. The highest BCUT2D eigenvalue weighted by Gasteiger charge is 2.54. The van der Waals surface area contributed by atoms with Crippen molar-refractivity contribution in [2.24, 2.45) is 22.7 Å². The summed E-state index contributed by atoms with van der Waals surface area (Å²) in [6, 6.07) is 1.54. The molecule has 2 nitrogen and oxygen atoms in total. The first-order valence-corrected chi connectivity index (χ1v) is 15.3. The van der Waals surface area contributed by atoms with Crippen molar-refractivity contribution in [1.29, 1.82) is 0 Å². The number of likely N-dealkylation sites (tertiary alicyclic amines) is 1. The molecule has 4 rings (SSSR count). The highest BCUT2D eigenvalue weighted by molar-refractivity contribution is 5.96. The van der Waals surface area contributed by atoms with E-state index >= 15 is 0 Å². The molecule has 3 fully saturated rings. The number of nitrogens with zero attached hydrogens (tertiary/aromatic N) is 2. The zero-order chi connectivity index (χ0) is 25.1. The monoisotopic (exact) mass is 479 g/mol. The third-order valence-electron chi connectivity index (χ3n) is 10.3. The van der Waals surface area contributed by atoms with Crippen LogP contribution in [0.15, 0.2) is 36.1 Å². The van der Waals surface area contributed by atoms with Crippen LogP contribution in [0.5, 0.6) is 0 Å². The van der Waals surface area contributed by atoms with Crippen molar-refractivity contribution >= 4 is 5.71 Å². The molecule has 0 bridgehead atoms. The van der Waals surface area contributed by atoms with Gasteiger partial charge in [0.05, 0.1) is 5.41 Å². The minimum atomic E-state index is 0.293.